The third-order valence-electron chi connectivity index (χ3n) is 3.21. The van der Waals surface area contributed by atoms with Gasteiger partial charge < -0.3 is 10.1 Å². The molecule has 0 saturated heterocycles. The van der Waals surface area contributed by atoms with E-state index in [9.17, 15) is 9.59 Å². The fourth-order valence-electron chi connectivity index (χ4n) is 2.07. The number of benzene rings is 1. The Kier molecular flexibility index (Phi) is 5.72. The number of hydrogen-bond acceptors (Lipinski definition) is 4. The maximum Gasteiger partial charge on any atom is 0.308 e. The lowest BCUT2D eigenvalue weighted by molar-refractivity contribution is -0.143. The molecule has 22 heavy (non-hydrogen) atoms. The van der Waals surface area contributed by atoms with Crippen LogP contribution < -0.4 is 5.32 Å². The Hall–Kier alpha value is -2.14. The number of hydrogen-bond donors (Lipinski definition) is 1. The van der Waals surface area contributed by atoms with Crippen LogP contribution in [0.1, 0.15) is 40.2 Å². The van der Waals surface area contributed by atoms with Gasteiger partial charge in [-0.15, -0.1) is 11.3 Å². The lowest BCUT2D eigenvalue weighted by Crippen LogP contribution is -2.30. The minimum Gasteiger partial charge on any atom is -0.466 e. The molecule has 0 aliphatic carbocycles. The fraction of sp³-hybridized carbons (Fsp3) is 0.294. The molecule has 0 bridgehead atoms. The number of esters is 1. The molecule has 1 aromatic heterocycles. The van der Waals surface area contributed by atoms with Gasteiger partial charge in [0.1, 0.15) is 0 Å². The van der Waals surface area contributed by atoms with E-state index in [1.54, 1.807) is 13.0 Å². The summed E-state index contributed by atoms with van der Waals surface area (Å²) in [6.45, 7) is 4.09. The van der Waals surface area contributed by atoms with Crippen molar-refractivity contribution in [1.29, 1.82) is 0 Å². The second-order valence-electron chi connectivity index (χ2n) is 4.92. The molecule has 1 N–H and O–H groups in total. The van der Waals surface area contributed by atoms with Gasteiger partial charge in [-0.25, -0.2) is 0 Å². The van der Waals surface area contributed by atoms with Crippen molar-refractivity contribution >= 4 is 23.2 Å². The molecular weight excluding hydrogens is 298 g/mol. The van der Waals surface area contributed by atoms with Crippen LogP contribution in [0.15, 0.2) is 41.8 Å². The molecule has 1 aromatic carbocycles. The van der Waals surface area contributed by atoms with Crippen LogP contribution in [-0.4, -0.2) is 18.5 Å². The monoisotopic (exact) mass is 317 g/mol. The van der Waals surface area contributed by atoms with Crippen molar-refractivity contribution in [2.45, 2.75) is 26.3 Å². The molecule has 1 heterocycles. The van der Waals surface area contributed by atoms with Crippen LogP contribution in [0.5, 0.6) is 0 Å². The van der Waals surface area contributed by atoms with Gasteiger partial charge in [-0.2, -0.15) is 0 Å². The molecular formula is C17H19NO3S. The Balaban J connectivity index is 2.15. The molecule has 4 nitrogen and oxygen atoms in total. The summed E-state index contributed by atoms with van der Waals surface area (Å²) in [6, 6.07) is 11.0. The van der Waals surface area contributed by atoms with E-state index in [1.807, 2.05) is 42.6 Å². The molecule has 0 aliphatic rings. The summed E-state index contributed by atoms with van der Waals surface area (Å²) < 4.78 is 5.00. The number of carbonyl (C=O) groups is 2. The smallest absolute Gasteiger partial charge is 0.308 e. The van der Waals surface area contributed by atoms with E-state index >= 15 is 0 Å². The normalized spacial score (nSPS) is 11.7. The molecule has 0 spiro atoms. The van der Waals surface area contributed by atoms with Crippen LogP contribution >= 0.6 is 11.3 Å². The molecule has 0 fully saturated rings. The number of thiophene rings is 1. The summed E-state index contributed by atoms with van der Waals surface area (Å²) >= 11 is 1.37. The Morgan fingerprint density at radius 1 is 1.23 bits per heavy atom. The van der Waals surface area contributed by atoms with Crippen molar-refractivity contribution in [2.24, 2.45) is 0 Å². The first-order valence-electron chi connectivity index (χ1n) is 7.16. The zero-order valence-corrected chi connectivity index (χ0v) is 13.5. The largest absolute Gasteiger partial charge is 0.466 e. The minimum absolute atomic E-state index is 0.119. The van der Waals surface area contributed by atoms with Gasteiger partial charge in [-0.05, 0) is 30.9 Å². The van der Waals surface area contributed by atoms with Gasteiger partial charge in [0.2, 0.25) is 0 Å². The molecule has 1 amide bonds. The Labute approximate surface area is 134 Å². The summed E-state index contributed by atoms with van der Waals surface area (Å²) in [5.74, 6) is -0.496. The molecule has 1 atom stereocenters. The molecule has 2 aromatic rings. The molecule has 0 aliphatic heterocycles. The van der Waals surface area contributed by atoms with Gasteiger partial charge in [0, 0.05) is 0 Å². The third kappa shape index (κ3) is 4.43. The predicted molar refractivity (Wildman–Crippen MR) is 87.0 cm³/mol. The SMILES string of the molecule is CCOC(=O)C[C@H](NC(=O)c1cccs1)c1ccc(C)cc1. The summed E-state index contributed by atoms with van der Waals surface area (Å²) in [6.07, 6.45) is 0.119. The van der Waals surface area contributed by atoms with E-state index in [0.29, 0.717) is 11.5 Å². The van der Waals surface area contributed by atoms with Crippen molar-refractivity contribution in [3.8, 4) is 0 Å². The molecule has 0 radical (unpaired) electrons. The molecule has 0 unspecified atom stereocenters. The van der Waals surface area contributed by atoms with Crippen LogP contribution in [0.4, 0.5) is 0 Å². The maximum atomic E-state index is 12.2. The Morgan fingerprint density at radius 2 is 1.95 bits per heavy atom. The summed E-state index contributed by atoms with van der Waals surface area (Å²) in [7, 11) is 0. The van der Waals surface area contributed by atoms with Crippen molar-refractivity contribution in [3.05, 3.63) is 57.8 Å². The predicted octanol–water partition coefficient (Wildman–Crippen LogP) is 3.48. The van der Waals surface area contributed by atoms with E-state index in [0.717, 1.165) is 11.1 Å². The topological polar surface area (TPSA) is 55.4 Å². The van der Waals surface area contributed by atoms with E-state index in [4.69, 9.17) is 4.74 Å². The van der Waals surface area contributed by atoms with Gasteiger partial charge in [0.05, 0.1) is 23.9 Å². The lowest BCUT2D eigenvalue weighted by Gasteiger charge is -2.18. The van der Waals surface area contributed by atoms with Crippen LogP contribution in [0.25, 0.3) is 0 Å². The summed E-state index contributed by atoms with van der Waals surface area (Å²) in [5.41, 5.74) is 2.02. The highest BCUT2D eigenvalue weighted by atomic mass is 32.1. The third-order valence-corrected chi connectivity index (χ3v) is 4.07. The van der Waals surface area contributed by atoms with Crippen molar-refractivity contribution in [3.63, 3.8) is 0 Å². The standard InChI is InChI=1S/C17H19NO3S/c1-3-21-16(19)11-14(13-8-6-12(2)7-9-13)18-17(20)15-5-4-10-22-15/h4-10,14H,3,11H2,1-2H3,(H,18,20)/t14-/m0/s1. The van der Waals surface area contributed by atoms with Gasteiger partial charge in [0.25, 0.3) is 5.91 Å². The van der Waals surface area contributed by atoms with Crippen molar-refractivity contribution in [2.75, 3.05) is 6.61 Å². The number of carbonyl (C=O) groups excluding carboxylic acids is 2. The van der Waals surface area contributed by atoms with Gasteiger partial charge in [-0.3, -0.25) is 9.59 Å². The van der Waals surface area contributed by atoms with Crippen molar-refractivity contribution < 1.29 is 14.3 Å². The van der Waals surface area contributed by atoms with Crippen LogP contribution in [0.2, 0.25) is 0 Å². The van der Waals surface area contributed by atoms with E-state index < -0.39 is 6.04 Å². The highest BCUT2D eigenvalue weighted by Crippen LogP contribution is 2.20. The number of aryl methyl sites for hydroxylation is 1. The zero-order valence-electron chi connectivity index (χ0n) is 12.7. The quantitative estimate of drug-likeness (QED) is 0.830. The number of ether oxygens (including phenoxy) is 1. The minimum atomic E-state index is -0.394. The number of amides is 1. The van der Waals surface area contributed by atoms with Gasteiger partial charge >= 0.3 is 5.97 Å². The average Bonchev–Trinajstić information content (AvgIpc) is 3.02. The first-order valence-corrected chi connectivity index (χ1v) is 8.04. The van der Waals surface area contributed by atoms with E-state index in [2.05, 4.69) is 5.32 Å². The number of nitrogens with one attached hydrogen (secondary N) is 1. The van der Waals surface area contributed by atoms with E-state index in [-0.39, 0.29) is 18.3 Å². The Bertz CT molecular complexity index is 620. The second kappa shape index (κ2) is 7.75. The molecule has 116 valence electrons. The second-order valence-corrected chi connectivity index (χ2v) is 5.87. The summed E-state index contributed by atoms with van der Waals surface area (Å²) in [5, 5.41) is 4.76. The maximum absolute atomic E-state index is 12.2. The molecule has 0 saturated carbocycles. The molecule has 2 rings (SSSR count). The highest BCUT2D eigenvalue weighted by molar-refractivity contribution is 7.12. The Morgan fingerprint density at radius 3 is 2.55 bits per heavy atom. The van der Waals surface area contributed by atoms with Crippen LogP contribution in [0, 0.1) is 6.92 Å². The van der Waals surface area contributed by atoms with Crippen LogP contribution in [-0.2, 0) is 9.53 Å². The summed E-state index contributed by atoms with van der Waals surface area (Å²) in [4.78, 5) is 24.7. The van der Waals surface area contributed by atoms with E-state index in [1.165, 1.54) is 11.3 Å². The fourth-order valence-corrected chi connectivity index (χ4v) is 2.70. The average molecular weight is 317 g/mol. The number of rotatable bonds is 6. The van der Waals surface area contributed by atoms with Crippen LogP contribution in [0.3, 0.4) is 0 Å². The highest BCUT2D eigenvalue weighted by Gasteiger charge is 2.20. The molecule has 5 heteroatoms. The van der Waals surface area contributed by atoms with Gasteiger partial charge in [-0.1, -0.05) is 35.9 Å². The zero-order chi connectivity index (χ0) is 15.9. The van der Waals surface area contributed by atoms with Gasteiger partial charge in [0.15, 0.2) is 0 Å². The first-order chi connectivity index (χ1) is 10.6. The first kappa shape index (κ1) is 16.2. The van der Waals surface area contributed by atoms with Crippen molar-refractivity contribution in [1.82, 2.24) is 5.32 Å². The lowest BCUT2D eigenvalue weighted by atomic mass is 10.0.